The van der Waals surface area contributed by atoms with Crippen LogP contribution in [0.25, 0.3) is 0 Å². The van der Waals surface area contributed by atoms with Crippen LogP contribution in [0.5, 0.6) is 0 Å². The van der Waals surface area contributed by atoms with E-state index >= 15 is 0 Å². The van der Waals surface area contributed by atoms with E-state index in [-0.39, 0.29) is 0 Å². The highest BCUT2D eigenvalue weighted by atomic mass is 32.2. The van der Waals surface area contributed by atoms with Crippen molar-refractivity contribution in [2.75, 3.05) is 6.26 Å². The standard InChI is InChI=1S/C9H13NO2S/c1-4-8-7(2)9(5-6-10-8)13(3,11)12/h5-6H,4H2,1-3H3. The Hall–Kier alpha value is -0.900. The fourth-order valence-corrected chi connectivity index (χ4v) is 2.30. The second-order valence-electron chi connectivity index (χ2n) is 3.01. The number of nitrogens with zero attached hydrogens (tertiary/aromatic N) is 1. The molecule has 1 rings (SSSR count). The molecule has 0 saturated heterocycles. The summed E-state index contributed by atoms with van der Waals surface area (Å²) in [5, 5.41) is 0. The third-order valence-electron chi connectivity index (χ3n) is 1.99. The molecule has 0 bridgehead atoms. The fourth-order valence-electron chi connectivity index (χ4n) is 1.32. The van der Waals surface area contributed by atoms with Gasteiger partial charge in [0, 0.05) is 18.1 Å². The molecule has 0 spiro atoms. The van der Waals surface area contributed by atoms with E-state index < -0.39 is 9.84 Å². The van der Waals surface area contributed by atoms with Crippen molar-refractivity contribution in [3.05, 3.63) is 23.5 Å². The maximum atomic E-state index is 11.3. The van der Waals surface area contributed by atoms with E-state index in [4.69, 9.17) is 0 Å². The van der Waals surface area contributed by atoms with E-state index in [1.165, 1.54) is 6.26 Å². The van der Waals surface area contributed by atoms with Crippen LogP contribution in [0, 0.1) is 6.92 Å². The average Bonchev–Trinajstić information content (AvgIpc) is 2.02. The van der Waals surface area contributed by atoms with Crippen LogP contribution in [0.15, 0.2) is 17.2 Å². The van der Waals surface area contributed by atoms with Gasteiger partial charge in [-0.15, -0.1) is 0 Å². The quantitative estimate of drug-likeness (QED) is 0.722. The maximum Gasteiger partial charge on any atom is 0.175 e. The van der Waals surface area contributed by atoms with Crippen LogP contribution in [0.3, 0.4) is 0 Å². The number of aromatic nitrogens is 1. The van der Waals surface area contributed by atoms with Crippen LogP contribution in [0.4, 0.5) is 0 Å². The minimum atomic E-state index is -3.11. The molecule has 0 unspecified atom stereocenters. The lowest BCUT2D eigenvalue weighted by atomic mass is 10.2. The van der Waals surface area contributed by atoms with Gasteiger partial charge in [0.05, 0.1) is 4.90 Å². The van der Waals surface area contributed by atoms with Crippen LogP contribution in [0.1, 0.15) is 18.2 Å². The summed E-state index contributed by atoms with van der Waals surface area (Å²) < 4.78 is 22.6. The highest BCUT2D eigenvalue weighted by Gasteiger charge is 2.12. The highest BCUT2D eigenvalue weighted by Crippen LogP contribution is 2.16. The topological polar surface area (TPSA) is 47.0 Å². The minimum absolute atomic E-state index is 0.388. The lowest BCUT2D eigenvalue weighted by Gasteiger charge is -2.06. The number of aryl methyl sites for hydroxylation is 1. The second kappa shape index (κ2) is 3.46. The zero-order valence-electron chi connectivity index (χ0n) is 8.03. The number of hydrogen-bond acceptors (Lipinski definition) is 3. The monoisotopic (exact) mass is 199 g/mol. The highest BCUT2D eigenvalue weighted by molar-refractivity contribution is 7.90. The van der Waals surface area contributed by atoms with Gasteiger partial charge in [-0.3, -0.25) is 4.98 Å². The normalized spacial score (nSPS) is 11.6. The van der Waals surface area contributed by atoms with Crippen molar-refractivity contribution in [2.24, 2.45) is 0 Å². The van der Waals surface area contributed by atoms with Crippen LogP contribution in [-0.4, -0.2) is 19.7 Å². The van der Waals surface area contributed by atoms with E-state index in [9.17, 15) is 8.42 Å². The molecule has 0 radical (unpaired) electrons. The summed E-state index contributed by atoms with van der Waals surface area (Å²) in [7, 11) is -3.11. The molecule has 0 saturated carbocycles. The molecular formula is C9H13NO2S. The van der Waals surface area contributed by atoms with Gasteiger partial charge in [0.1, 0.15) is 0 Å². The van der Waals surface area contributed by atoms with Crippen LogP contribution < -0.4 is 0 Å². The van der Waals surface area contributed by atoms with E-state index in [0.717, 1.165) is 17.7 Å². The molecule has 1 aromatic heterocycles. The largest absolute Gasteiger partial charge is 0.261 e. The Morgan fingerprint density at radius 2 is 2.08 bits per heavy atom. The third kappa shape index (κ3) is 2.06. The average molecular weight is 199 g/mol. The molecule has 0 aliphatic heterocycles. The summed E-state index contributed by atoms with van der Waals surface area (Å²) in [6.45, 7) is 3.75. The molecule has 0 aromatic carbocycles. The van der Waals surface area contributed by atoms with Gasteiger partial charge in [-0.2, -0.15) is 0 Å². The molecule has 0 N–H and O–H groups in total. The smallest absolute Gasteiger partial charge is 0.175 e. The van der Waals surface area contributed by atoms with Crippen molar-refractivity contribution in [1.29, 1.82) is 0 Å². The van der Waals surface area contributed by atoms with E-state index in [1.54, 1.807) is 19.2 Å². The summed E-state index contributed by atoms with van der Waals surface area (Å²) in [5.41, 5.74) is 1.62. The van der Waals surface area contributed by atoms with E-state index in [1.807, 2.05) is 6.92 Å². The maximum absolute atomic E-state index is 11.3. The Morgan fingerprint density at radius 3 is 2.54 bits per heavy atom. The van der Waals surface area contributed by atoms with Crippen LogP contribution in [-0.2, 0) is 16.3 Å². The van der Waals surface area contributed by atoms with Gasteiger partial charge >= 0.3 is 0 Å². The summed E-state index contributed by atoms with van der Waals surface area (Å²) in [6.07, 6.45) is 3.52. The molecule has 1 heterocycles. The summed E-state index contributed by atoms with van der Waals surface area (Å²) in [6, 6.07) is 1.55. The molecule has 0 aliphatic rings. The molecule has 0 amide bonds. The Kier molecular flexibility index (Phi) is 2.71. The van der Waals surface area contributed by atoms with E-state index in [0.29, 0.717) is 4.90 Å². The second-order valence-corrected chi connectivity index (χ2v) is 4.99. The van der Waals surface area contributed by atoms with Crippen molar-refractivity contribution in [2.45, 2.75) is 25.2 Å². The fraction of sp³-hybridized carbons (Fsp3) is 0.444. The molecular weight excluding hydrogens is 186 g/mol. The number of hydrogen-bond donors (Lipinski definition) is 0. The van der Waals surface area contributed by atoms with Crippen molar-refractivity contribution in [3.63, 3.8) is 0 Å². The van der Waals surface area contributed by atoms with Gasteiger partial charge in [-0.05, 0) is 25.0 Å². The van der Waals surface area contributed by atoms with Gasteiger partial charge in [0.25, 0.3) is 0 Å². The molecule has 3 nitrogen and oxygen atoms in total. The van der Waals surface area contributed by atoms with E-state index in [2.05, 4.69) is 4.98 Å². The van der Waals surface area contributed by atoms with Crippen molar-refractivity contribution in [1.82, 2.24) is 4.98 Å². The molecule has 72 valence electrons. The molecule has 0 atom stereocenters. The Labute approximate surface area is 78.7 Å². The first-order valence-electron chi connectivity index (χ1n) is 4.11. The number of rotatable bonds is 2. The molecule has 4 heteroatoms. The lowest BCUT2D eigenvalue weighted by Crippen LogP contribution is -2.03. The van der Waals surface area contributed by atoms with Gasteiger partial charge in [0.2, 0.25) is 0 Å². The van der Waals surface area contributed by atoms with Gasteiger partial charge in [0.15, 0.2) is 9.84 Å². The number of pyridine rings is 1. The number of sulfone groups is 1. The first kappa shape index (κ1) is 10.2. The molecule has 1 aromatic rings. The lowest BCUT2D eigenvalue weighted by molar-refractivity contribution is 0.601. The summed E-state index contributed by atoms with van der Waals surface area (Å²) in [4.78, 5) is 4.49. The van der Waals surface area contributed by atoms with Gasteiger partial charge < -0.3 is 0 Å². The van der Waals surface area contributed by atoms with Crippen molar-refractivity contribution >= 4 is 9.84 Å². The summed E-state index contributed by atoms with van der Waals surface area (Å²) in [5.74, 6) is 0. The minimum Gasteiger partial charge on any atom is -0.261 e. The molecule has 13 heavy (non-hydrogen) atoms. The predicted octanol–water partition coefficient (Wildman–Crippen LogP) is 1.36. The van der Waals surface area contributed by atoms with Crippen molar-refractivity contribution < 1.29 is 8.42 Å². The van der Waals surface area contributed by atoms with Crippen LogP contribution >= 0.6 is 0 Å². The zero-order valence-corrected chi connectivity index (χ0v) is 8.85. The molecule has 0 aliphatic carbocycles. The third-order valence-corrected chi connectivity index (χ3v) is 3.23. The zero-order chi connectivity index (χ0) is 10.1. The van der Waals surface area contributed by atoms with Crippen LogP contribution in [0.2, 0.25) is 0 Å². The first-order chi connectivity index (χ1) is 5.96. The summed E-state index contributed by atoms with van der Waals surface area (Å²) >= 11 is 0. The first-order valence-corrected chi connectivity index (χ1v) is 6.00. The Balaban J connectivity index is 3.41. The van der Waals surface area contributed by atoms with Gasteiger partial charge in [-0.25, -0.2) is 8.42 Å². The Bertz CT molecular complexity index is 410. The van der Waals surface area contributed by atoms with Crippen molar-refractivity contribution in [3.8, 4) is 0 Å². The Morgan fingerprint density at radius 1 is 1.46 bits per heavy atom. The predicted molar refractivity (Wildman–Crippen MR) is 51.5 cm³/mol. The molecule has 0 fully saturated rings. The van der Waals surface area contributed by atoms with Gasteiger partial charge in [-0.1, -0.05) is 6.92 Å². The SMILES string of the molecule is CCc1nccc(S(C)(=O)=O)c1C.